The molecule has 2 aromatic rings. The fourth-order valence-electron chi connectivity index (χ4n) is 4.27. The van der Waals surface area contributed by atoms with E-state index >= 15 is 0 Å². The molecule has 140 valence electrons. The molecule has 1 saturated heterocycles. The summed E-state index contributed by atoms with van der Waals surface area (Å²) < 4.78 is 0. The predicted octanol–water partition coefficient (Wildman–Crippen LogP) is 4.65. The van der Waals surface area contributed by atoms with Crippen LogP contribution in [0.25, 0.3) is 0 Å². The fourth-order valence-corrected chi connectivity index (χ4v) is 4.27. The quantitative estimate of drug-likeness (QED) is 0.761. The highest BCUT2D eigenvalue weighted by Gasteiger charge is 2.39. The standard InChI is InChI=1S/C23H31NO2/c1-2-15-23(26,20-11-13-21(25)14-12-20)22(19-9-5-3-6-10-19)18-24-16-7-4-8-17-24/h3,5-6,9-14,22,25-26H,2,4,7-8,15-18H2,1H3/t22-,23-/m1/s1. The molecule has 1 aliphatic heterocycles. The lowest BCUT2D eigenvalue weighted by atomic mass is 9.74. The minimum Gasteiger partial charge on any atom is -0.508 e. The molecule has 0 spiro atoms. The molecule has 1 aliphatic rings. The van der Waals surface area contributed by atoms with Crippen molar-refractivity contribution in [1.82, 2.24) is 4.90 Å². The van der Waals surface area contributed by atoms with Crippen LogP contribution in [0.4, 0.5) is 0 Å². The van der Waals surface area contributed by atoms with Crippen LogP contribution >= 0.6 is 0 Å². The first-order chi connectivity index (χ1) is 12.6. The Hall–Kier alpha value is -1.84. The molecule has 0 aromatic heterocycles. The van der Waals surface area contributed by atoms with Crippen LogP contribution in [0.2, 0.25) is 0 Å². The van der Waals surface area contributed by atoms with Gasteiger partial charge in [-0.15, -0.1) is 0 Å². The number of benzene rings is 2. The second-order valence-corrected chi connectivity index (χ2v) is 7.55. The van der Waals surface area contributed by atoms with E-state index in [1.807, 2.05) is 18.2 Å². The topological polar surface area (TPSA) is 43.7 Å². The second-order valence-electron chi connectivity index (χ2n) is 7.55. The first-order valence-corrected chi connectivity index (χ1v) is 9.92. The van der Waals surface area contributed by atoms with E-state index in [4.69, 9.17) is 0 Å². The van der Waals surface area contributed by atoms with Gasteiger partial charge in [-0.2, -0.15) is 0 Å². The largest absolute Gasteiger partial charge is 0.508 e. The number of phenols is 1. The number of hydrogen-bond acceptors (Lipinski definition) is 3. The van der Waals surface area contributed by atoms with E-state index in [1.54, 1.807) is 12.1 Å². The second kappa shape index (κ2) is 8.70. The zero-order valence-electron chi connectivity index (χ0n) is 15.8. The molecule has 2 atom stereocenters. The Morgan fingerprint density at radius 2 is 1.62 bits per heavy atom. The van der Waals surface area contributed by atoms with Gasteiger partial charge >= 0.3 is 0 Å². The first-order valence-electron chi connectivity index (χ1n) is 9.92. The molecule has 2 N–H and O–H groups in total. The van der Waals surface area contributed by atoms with Gasteiger partial charge in [0, 0.05) is 12.5 Å². The first kappa shape index (κ1) is 18.9. The number of rotatable bonds is 7. The van der Waals surface area contributed by atoms with Gasteiger partial charge in [0.25, 0.3) is 0 Å². The average molecular weight is 354 g/mol. The number of nitrogens with zero attached hydrogens (tertiary/aromatic N) is 1. The zero-order chi connectivity index (χ0) is 18.4. The van der Waals surface area contributed by atoms with Crippen LogP contribution < -0.4 is 0 Å². The molecule has 2 aromatic carbocycles. The third-order valence-corrected chi connectivity index (χ3v) is 5.67. The van der Waals surface area contributed by atoms with Gasteiger partial charge in [0.15, 0.2) is 0 Å². The molecular weight excluding hydrogens is 322 g/mol. The summed E-state index contributed by atoms with van der Waals surface area (Å²) >= 11 is 0. The smallest absolute Gasteiger partial charge is 0.115 e. The molecule has 0 saturated carbocycles. The highest BCUT2D eigenvalue weighted by molar-refractivity contribution is 5.35. The number of hydrogen-bond donors (Lipinski definition) is 2. The molecule has 26 heavy (non-hydrogen) atoms. The Balaban J connectivity index is 1.99. The molecule has 3 nitrogen and oxygen atoms in total. The van der Waals surface area contributed by atoms with Gasteiger partial charge in [0.05, 0.1) is 5.60 Å². The molecule has 0 bridgehead atoms. The minimum absolute atomic E-state index is 0.00583. The molecule has 3 heteroatoms. The summed E-state index contributed by atoms with van der Waals surface area (Å²) in [7, 11) is 0. The highest BCUT2D eigenvalue weighted by atomic mass is 16.3. The maximum atomic E-state index is 11.9. The minimum atomic E-state index is -0.943. The maximum absolute atomic E-state index is 11.9. The van der Waals surface area contributed by atoms with Gasteiger partial charge in [-0.3, -0.25) is 0 Å². The lowest BCUT2D eigenvalue weighted by molar-refractivity contribution is -0.0152. The van der Waals surface area contributed by atoms with Crippen molar-refractivity contribution in [1.29, 1.82) is 0 Å². The van der Waals surface area contributed by atoms with Crippen molar-refractivity contribution in [2.24, 2.45) is 0 Å². The summed E-state index contributed by atoms with van der Waals surface area (Å²) in [6.45, 7) is 5.21. The van der Waals surface area contributed by atoms with Crippen LogP contribution in [0, 0.1) is 0 Å². The van der Waals surface area contributed by atoms with Crippen LogP contribution in [0.5, 0.6) is 5.75 Å². The van der Waals surface area contributed by atoms with Crippen molar-refractivity contribution in [3.05, 3.63) is 65.7 Å². The van der Waals surface area contributed by atoms with Crippen molar-refractivity contribution in [2.75, 3.05) is 19.6 Å². The summed E-state index contributed by atoms with van der Waals surface area (Å²) in [6, 6.07) is 17.5. The third-order valence-electron chi connectivity index (χ3n) is 5.67. The van der Waals surface area contributed by atoms with Crippen molar-refractivity contribution >= 4 is 0 Å². The number of likely N-dealkylation sites (tertiary alicyclic amines) is 1. The molecule has 0 amide bonds. The molecule has 1 heterocycles. The lowest BCUT2D eigenvalue weighted by Crippen LogP contribution is -2.42. The summed E-state index contributed by atoms with van der Waals surface area (Å²) in [6.07, 6.45) is 5.40. The number of aliphatic hydroxyl groups is 1. The van der Waals surface area contributed by atoms with E-state index in [0.717, 1.165) is 31.6 Å². The fraction of sp³-hybridized carbons (Fsp3) is 0.478. The van der Waals surface area contributed by atoms with Crippen LogP contribution in [0.3, 0.4) is 0 Å². The Kier molecular flexibility index (Phi) is 6.33. The Labute approximate surface area is 157 Å². The molecule has 0 aliphatic carbocycles. The monoisotopic (exact) mass is 353 g/mol. The maximum Gasteiger partial charge on any atom is 0.115 e. The predicted molar refractivity (Wildman–Crippen MR) is 106 cm³/mol. The van der Waals surface area contributed by atoms with E-state index < -0.39 is 5.60 Å². The number of phenolic OH excluding ortho intramolecular Hbond substituents is 1. The molecule has 0 unspecified atom stereocenters. The van der Waals surface area contributed by atoms with Crippen LogP contribution in [0.15, 0.2) is 54.6 Å². The Bertz CT molecular complexity index is 664. The van der Waals surface area contributed by atoms with Crippen LogP contribution in [-0.2, 0) is 5.60 Å². The summed E-state index contributed by atoms with van der Waals surface area (Å²) in [5.41, 5.74) is 1.13. The summed E-state index contributed by atoms with van der Waals surface area (Å²) in [5.74, 6) is 0.242. The van der Waals surface area contributed by atoms with E-state index in [1.165, 1.54) is 24.8 Å². The van der Waals surface area contributed by atoms with Gasteiger partial charge in [0.1, 0.15) is 5.75 Å². The summed E-state index contributed by atoms with van der Waals surface area (Å²) in [5, 5.41) is 21.6. The molecule has 1 fully saturated rings. The molecule has 3 rings (SSSR count). The van der Waals surface area contributed by atoms with E-state index in [-0.39, 0.29) is 11.7 Å². The normalized spacial score (nSPS) is 19.0. The van der Waals surface area contributed by atoms with Crippen molar-refractivity contribution < 1.29 is 10.2 Å². The third kappa shape index (κ3) is 4.28. The lowest BCUT2D eigenvalue weighted by Gasteiger charge is -2.41. The Morgan fingerprint density at radius 1 is 0.962 bits per heavy atom. The van der Waals surface area contributed by atoms with E-state index in [2.05, 4.69) is 36.1 Å². The molecular formula is C23H31NO2. The Morgan fingerprint density at radius 3 is 2.23 bits per heavy atom. The van der Waals surface area contributed by atoms with Gasteiger partial charge in [-0.25, -0.2) is 0 Å². The molecule has 0 radical (unpaired) electrons. The summed E-state index contributed by atoms with van der Waals surface area (Å²) in [4.78, 5) is 2.50. The SMILES string of the molecule is CCC[C@@](O)(c1ccc(O)cc1)[C@H](CN1CCCCC1)c1ccccc1. The van der Waals surface area contributed by atoms with Gasteiger partial charge < -0.3 is 15.1 Å². The van der Waals surface area contributed by atoms with Gasteiger partial charge in [-0.05, 0) is 55.6 Å². The van der Waals surface area contributed by atoms with E-state index in [9.17, 15) is 10.2 Å². The van der Waals surface area contributed by atoms with Crippen molar-refractivity contribution in [3.8, 4) is 5.75 Å². The zero-order valence-corrected chi connectivity index (χ0v) is 15.8. The average Bonchev–Trinajstić information content (AvgIpc) is 2.68. The van der Waals surface area contributed by atoms with Crippen LogP contribution in [-0.4, -0.2) is 34.7 Å². The highest BCUT2D eigenvalue weighted by Crippen LogP contribution is 2.42. The number of aromatic hydroxyl groups is 1. The van der Waals surface area contributed by atoms with Crippen LogP contribution in [0.1, 0.15) is 56.1 Å². The van der Waals surface area contributed by atoms with Crippen molar-refractivity contribution in [2.45, 2.75) is 50.5 Å². The van der Waals surface area contributed by atoms with Gasteiger partial charge in [-0.1, -0.05) is 62.2 Å². The number of piperidine rings is 1. The van der Waals surface area contributed by atoms with Crippen molar-refractivity contribution in [3.63, 3.8) is 0 Å². The van der Waals surface area contributed by atoms with Gasteiger partial charge in [0.2, 0.25) is 0 Å². The van der Waals surface area contributed by atoms with E-state index in [0.29, 0.717) is 6.42 Å².